The SMILES string of the molecule is COc1ccc(CN2CCC3(CCCCc4ccccc4OC[C@H](C)NC3=O)CC2)cc1. The molecule has 0 saturated carbocycles. The number of methoxy groups -OCH3 is 1. The summed E-state index contributed by atoms with van der Waals surface area (Å²) in [5, 5.41) is 3.27. The van der Waals surface area contributed by atoms with E-state index >= 15 is 0 Å². The average Bonchev–Trinajstić information content (AvgIpc) is 2.82. The predicted molar refractivity (Wildman–Crippen MR) is 127 cm³/mol. The third kappa shape index (κ3) is 5.44. The van der Waals surface area contributed by atoms with E-state index in [1.165, 1.54) is 11.1 Å². The second kappa shape index (κ2) is 10.4. The number of nitrogens with one attached hydrogen (secondary N) is 1. The Morgan fingerprint density at radius 3 is 2.56 bits per heavy atom. The number of para-hydroxylation sites is 1. The Hall–Kier alpha value is -2.53. The highest BCUT2D eigenvalue weighted by Crippen LogP contribution is 2.38. The van der Waals surface area contributed by atoms with Gasteiger partial charge in [0.15, 0.2) is 0 Å². The van der Waals surface area contributed by atoms with Crippen LogP contribution in [-0.4, -0.2) is 43.7 Å². The Morgan fingerprint density at radius 1 is 1.06 bits per heavy atom. The molecule has 0 aromatic heterocycles. The van der Waals surface area contributed by atoms with Gasteiger partial charge in [0, 0.05) is 6.54 Å². The van der Waals surface area contributed by atoms with Crippen LogP contribution in [0.5, 0.6) is 11.5 Å². The summed E-state index contributed by atoms with van der Waals surface area (Å²) in [6, 6.07) is 16.6. The van der Waals surface area contributed by atoms with E-state index in [-0.39, 0.29) is 17.4 Å². The first-order valence-electron chi connectivity index (χ1n) is 11.9. The third-order valence-corrected chi connectivity index (χ3v) is 7.05. The van der Waals surface area contributed by atoms with Crippen LogP contribution in [0.2, 0.25) is 0 Å². The van der Waals surface area contributed by atoms with Gasteiger partial charge in [0.1, 0.15) is 18.1 Å². The number of amides is 1. The van der Waals surface area contributed by atoms with Gasteiger partial charge in [-0.15, -0.1) is 0 Å². The molecule has 1 fully saturated rings. The highest BCUT2D eigenvalue weighted by Gasteiger charge is 2.41. The number of nitrogens with zero attached hydrogens (tertiary/aromatic N) is 1. The fraction of sp³-hybridized carbons (Fsp3) is 0.519. The van der Waals surface area contributed by atoms with E-state index < -0.39 is 0 Å². The van der Waals surface area contributed by atoms with Crippen molar-refractivity contribution in [3.8, 4) is 11.5 Å². The average molecular weight is 437 g/mol. The molecule has 1 atom stereocenters. The number of aryl methyl sites for hydroxylation is 1. The minimum Gasteiger partial charge on any atom is -0.497 e. The first kappa shape index (κ1) is 22.7. The van der Waals surface area contributed by atoms with E-state index in [1.807, 2.05) is 31.2 Å². The van der Waals surface area contributed by atoms with E-state index in [9.17, 15) is 4.79 Å². The summed E-state index contributed by atoms with van der Waals surface area (Å²) < 4.78 is 11.3. The topological polar surface area (TPSA) is 50.8 Å². The minimum absolute atomic E-state index is 0.0100. The number of fused-ring (bicyclic) bond motifs is 1. The molecular formula is C27H36N2O3. The summed E-state index contributed by atoms with van der Waals surface area (Å²) in [5.41, 5.74) is 2.30. The lowest BCUT2D eigenvalue weighted by Crippen LogP contribution is -2.51. The van der Waals surface area contributed by atoms with Crippen LogP contribution in [0.15, 0.2) is 48.5 Å². The molecule has 2 aliphatic heterocycles. The Labute approximate surface area is 192 Å². The third-order valence-electron chi connectivity index (χ3n) is 7.05. The Kier molecular flexibility index (Phi) is 7.36. The van der Waals surface area contributed by atoms with Gasteiger partial charge in [0.25, 0.3) is 0 Å². The number of rotatable bonds is 3. The molecule has 172 valence electrons. The van der Waals surface area contributed by atoms with Crippen molar-refractivity contribution in [2.45, 2.75) is 58.0 Å². The van der Waals surface area contributed by atoms with E-state index in [2.05, 4.69) is 34.5 Å². The summed E-state index contributed by atoms with van der Waals surface area (Å²) in [7, 11) is 1.69. The van der Waals surface area contributed by atoms with E-state index in [0.717, 1.165) is 69.7 Å². The van der Waals surface area contributed by atoms with E-state index in [1.54, 1.807) is 7.11 Å². The van der Waals surface area contributed by atoms with Crippen molar-refractivity contribution in [3.63, 3.8) is 0 Å². The van der Waals surface area contributed by atoms with Crippen LogP contribution in [-0.2, 0) is 17.8 Å². The molecule has 5 nitrogen and oxygen atoms in total. The van der Waals surface area contributed by atoms with Gasteiger partial charge < -0.3 is 14.8 Å². The van der Waals surface area contributed by atoms with Gasteiger partial charge in [-0.3, -0.25) is 9.69 Å². The maximum atomic E-state index is 13.4. The molecule has 4 rings (SSSR count). The molecule has 1 spiro atoms. The smallest absolute Gasteiger partial charge is 0.226 e. The standard InChI is InChI=1S/C27H36N2O3/c1-21-20-32-25-9-4-3-7-23(25)8-5-6-14-27(26(30)28-21)15-17-29(18-16-27)19-22-10-12-24(31-2)13-11-22/h3-4,7,9-13,21H,5-6,8,14-20H2,1-2H3,(H,28,30)/t21-/m0/s1. The summed E-state index contributed by atoms with van der Waals surface area (Å²) in [6.45, 7) is 5.37. The molecule has 1 N–H and O–H groups in total. The number of ether oxygens (including phenoxy) is 2. The van der Waals surface area contributed by atoms with Crippen molar-refractivity contribution in [1.29, 1.82) is 0 Å². The molecule has 5 heteroatoms. The van der Waals surface area contributed by atoms with Gasteiger partial charge in [0.05, 0.1) is 18.6 Å². The molecule has 32 heavy (non-hydrogen) atoms. The largest absolute Gasteiger partial charge is 0.497 e. The van der Waals surface area contributed by atoms with Gasteiger partial charge in [-0.2, -0.15) is 0 Å². The maximum absolute atomic E-state index is 13.4. The normalized spacial score (nSPS) is 22.1. The lowest BCUT2D eigenvalue weighted by Gasteiger charge is -2.41. The second-order valence-corrected chi connectivity index (χ2v) is 9.40. The zero-order valence-corrected chi connectivity index (χ0v) is 19.4. The van der Waals surface area contributed by atoms with Gasteiger partial charge in [-0.1, -0.05) is 36.8 Å². The number of carbonyl (C=O) groups excluding carboxylic acids is 1. The van der Waals surface area contributed by atoms with Crippen molar-refractivity contribution in [1.82, 2.24) is 10.2 Å². The Morgan fingerprint density at radius 2 is 1.81 bits per heavy atom. The van der Waals surface area contributed by atoms with Crippen molar-refractivity contribution < 1.29 is 14.3 Å². The van der Waals surface area contributed by atoms with Crippen LogP contribution in [0, 0.1) is 5.41 Å². The lowest BCUT2D eigenvalue weighted by atomic mass is 9.73. The number of hydrogen-bond acceptors (Lipinski definition) is 4. The lowest BCUT2D eigenvalue weighted by molar-refractivity contribution is -0.135. The quantitative estimate of drug-likeness (QED) is 0.765. The summed E-state index contributed by atoms with van der Waals surface area (Å²) in [6.07, 6.45) is 5.95. The van der Waals surface area contributed by atoms with Crippen molar-refractivity contribution >= 4 is 5.91 Å². The highest BCUT2D eigenvalue weighted by molar-refractivity contribution is 5.83. The van der Waals surface area contributed by atoms with Gasteiger partial charge in [-0.25, -0.2) is 0 Å². The fourth-order valence-corrected chi connectivity index (χ4v) is 4.98. The molecule has 1 amide bonds. The zero-order valence-electron chi connectivity index (χ0n) is 19.4. The first-order chi connectivity index (χ1) is 15.6. The monoisotopic (exact) mass is 436 g/mol. The molecule has 0 bridgehead atoms. The molecule has 2 aromatic rings. The van der Waals surface area contributed by atoms with Crippen LogP contribution in [0.25, 0.3) is 0 Å². The summed E-state index contributed by atoms with van der Waals surface area (Å²) >= 11 is 0. The summed E-state index contributed by atoms with van der Waals surface area (Å²) in [5.74, 6) is 2.05. The molecule has 0 aliphatic carbocycles. The van der Waals surface area contributed by atoms with Crippen molar-refractivity contribution in [2.75, 3.05) is 26.8 Å². The van der Waals surface area contributed by atoms with Crippen LogP contribution in [0.1, 0.15) is 50.2 Å². The van der Waals surface area contributed by atoms with E-state index in [4.69, 9.17) is 9.47 Å². The fourth-order valence-electron chi connectivity index (χ4n) is 4.98. The molecular weight excluding hydrogens is 400 g/mol. The van der Waals surface area contributed by atoms with Gasteiger partial charge in [-0.05, 0) is 81.4 Å². The minimum atomic E-state index is -0.261. The summed E-state index contributed by atoms with van der Waals surface area (Å²) in [4.78, 5) is 15.9. The highest BCUT2D eigenvalue weighted by atomic mass is 16.5. The molecule has 0 unspecified atom stereocenters. The first-order valence-corrected chi connectivity index (χ1v) is 11.9. The van der Waals surface area contributed by atoms with Crippen LogP contribution in [0.3, 0.4) is 0 Å². The number of carbonyl (C=O) groups is 1. The molecule has 0 radical (unpaired) electrons. The second-order valence-electron chi connectivity index (χ2n) is 9.40. The molecule has 2 aliphatic rings. The Balaban J connectivity index is 1.40. The maximum Gasteiger partial charge on any atom is 0.226 e. The van der Waals surface area contributed by atoms with Crippen molar-refractivity contribution in [3.05, 3.63) is 59.7 Å². The van der Waals surface area contributed by atoms with Crippen molar-refractivity contribution in [2.24, 2.45) is 5.41 Å². The zero-order chi connectivity index (χ0) is 22.4. The number of benzene rings is 2. The number of hydrogen-bond donors (Lipinski definition) is 1. The van der Waals surface area contributed by atoms with Gasteiger partial charge in [0.2, 0.25) is 5.91 Å². The number of likely N-dealkylation sites (tertiary alicyclic amines) is 1. The molecule has 1 saturated heterocycles. The molecule has 2 aromatic carbocycles. The van der Waals surface area contributed by atoms with Crippen LogP contribution < -0.4 is 14.8 Å². The number of piperidine rings is 1. The van der Waals surface area contributed by atoms with Gasteiger partial charge >= 0.3 is 0 Å². The van der Waals surface area contributed by atoms with Crippen LogP contribution >= 0.6 is 0 Å². The molecule has 2 heterocycles. The predicted octanol–water partition coefficient (Wildman–Crippen LogP) is 4.59. The van der Waals surface area contributed by atoms with Crippen LogP contribution in [0.4, 0.5) is 0 Å². The Bertz CT molecular complexity index is 888. The van der Waals surface area contributed by atoms with E-state index in [0.29, 0.717) is 6.61 Å².